The summed E-state index contributed by atoms with van der Waals surface area (Å²) in [5.74, 6) is -0.238. The van der Waals surface area contributed by atoms with Crippen molar-refractivity contribution in [2.45, 2.75) is 26.7 Å². The number of hydrogen-bond acceptors (Lipinski definition) is 3. The van der Waals surface area contributed by atoms with Crippen LogP contribution >= 0.6 is 0 Å². The van der Waals surface area contributed by atoms with Gasteiger partial charge in [-0.05, 0) is 43.0 Å². The maximum absolute atomic E-state index is 12.3. The Labute approximate surface area is 177 Å². The second kappa shape index (κ2) is 9.74. The summed E-state index contributed by atoms with van der Waals surface area (Å²) >= 11 is 0. The number of rotatable bonds is 7. The lowest BCUT2D eigenvalue weighted by atomic mass is 9.90. The van der Waals surface area contributed by atoms with Gasteiger partial charge in [-0.3, -0.25) is 4.79 Å². The van der Waals surface area contributed by atoms with Crippen LogP contribution in [0.15, 0.2) is 78.0 Å². The van der Waals surface area contributed by atoms with Gasteiger partial charge in [0.1, 0.15) is 0 Å². The normalized spacial score (nSPS) is 11.4. The second-order valence-electron chi connectivity index (χ2n) is 7.37. The standard InChI is InChI=1S/C25H27N3O2/c1-17-14-18(2)24(19(3)15-17)27-22(29)16-30-28-25(26)23(20-10-6-4-7-11-20)21-12-8-5-9-13-21/h4-15,23H,16H2,1-3H3,(H2,26,28)(H,27,29). The molecule has 0 saturated carbocycles. The number of anilines is 1. The summed E-state index contributed by atoms with van der Waals surface area (Å²) in [5, 5.41) is 6.95. The van der Waals surface area contributed by atoms with Gasteiger partial charge in [0.25, 0.3) is 5.91 Å². The molecule has 3 rings (SSSR count). The van der Waals surface area contributed by atoms with Crippen molar-refractivity contribution < 1.29 is 9.63 Å². The monoisotopic (exact) mass is 401 g/mol. The molecule has 0 aliphatic rings. The van der Waals surface area contributed by atoms with E-state index >= 15 is 0 Å². The largest absolute Gasteiger partial charge is 0.384 e. The number of carbonyl (C=O) groups excluding carboxylic acids is 1. The lowest BCUT2D eigenvalue weighted by Crippen LogP contribution is -2.25. The van der Waals surface area contributed by atoms with E-state index in [2.05, 4.69) is 10.5 Å². The van der Waals surface area contributed by atoms with Gasteiger partial charge in [0.05, 0.1) is 5.92 Å². The van der Waals surface area contributed by atoms with E-state index in [-0.39, 0.29) is 18.4 Å². The Kier molecular flexibility index (Phi) is 6.86. The molecule has 0 spiro atoms. The van der Waals surface area contributed by atoms with Gasteiger partial charge in [-0.2, -0.15) is 0 Å². The molecule has 0 fully saturated rings. The first-order valence-electron chi connectivity index (χ1n) is 9.88. The first-order chi connectivity index (χ1) is 14.5. The smallest absolute Gasteiger partial charge is 0.265 e. The highest BCUT2D eigenvalue weighted by Gasteiger charge is 2.19. The SMILES string of the molecule is Cc1cc(C)c(NC(=O)CO/N=C(/N)C(c2ccccc2)c2ccccc2)c(C)c1. The van der Waals surface area contributed by atoms with Crippen LogP contribution < -0.4 is 11.1 Å². The van der Waals surface area contributed by atoms with E-state index in [9.17, 15) is 4.79 Å². The zero-order valence-electron chi connectivity index (χ0n) is 17.6. The Morgan fingerprint density at radius 1 is 0.933 bits per heavy atom. The molecule has 0 atom stereocenters. The molecule has 5 nitrogen and oxygen atoms in total. The molecule has 0 aromatic heterocycles. The van der Waals surface area contributed by atoms with Crippen molar-refractivity contribution in [1.82, 2.24) is 0 Å². The lowest BCUT2D eigenvalue weighted by molar-refractivity contribution is -0.120. The third kappa shape index (κ3) is 5.26. The van der Waals surface area contributed by atoms with Crippen LogP contribution in [-0.4, -0.2) is 18.3 Å². The van der Waals surface area contributed by atoms with Crippen LogP contribution in [0.3, 0.4) is 0 Å². The van der Waals surface area contributed by atoms with Gasteiger partial charge in [-0.15, -0.1) is 0 Å². The zero-order valence-corrected chi connectivity index (χ0v) is 17.6. The summed E-state index contributed by atoms with van der Waals surface area (Å²) < 4.78 is 0. The van der Waals surface area contributed by atoms with E-state index in [1.807, 2.05) is 93.6 Å². The predicted molar refractivity (Wildman–Crippen MR) is 122 cm³/mol. The van der Waals surface area contributed by atoms with E-state index in [4.69, 9.17) is 10.6 Å². The van der Waals surface area contributed by atoms with Crippen molar-refractivity contribution in [3.05, 3.63) is 101 Å². The first-order valence-corrected chi connectivity index (χ1v) is 9.88. The van der Waals surface area contributed by atoms with Crippen LogP contribution in [-0.2, 0) is 9.63 Å². The maximum Gasteiger partial charge on any atom is 0.265 e. The van der Waals surface area contributed by atoms with Gasteiger partial charge < -0.3 is 15.9 Å². The van der Waals surface area contributed by atoms with E-state index in [1.165, 1.54) is 0 Å². The van der Waals surface area contributed by atoms with Gasteiger partial charge in [0, 0.05) is 5.69 Å². The minimum Gasteiger partial charge on any atom is -0.384 e. The molecule has 0 radical (unpaired) electrons. The first kappa shape index (κ1) is 21.1. The van der Waals surface area contributed by atoms with Crippen molar-refractivity contribution >= 4 is 17.4 Å². The highest BCUT2D eigenvalue weighted by molar-refractivity contribution is 5.93. The highest BCUT2D eigenvalue weighted by Crippen LogP contribution is 2.25. The summed E-state index contributed by atoms with van der Waals surface area (Å²) in [7, 11) is 0. The van der Waals surface area contributed by atoms with Gasteiger partial charge in [0.2, 0.25) is 0 Å². The summed E-state index contributed by atoms with van der Waals surface area (Å²) in [4.78, 5) is 17.7. The molecule has 0 unspecified atom stereocenters. The van der Waals surface area contributed by atoms with Gasteiger partial charge >= 0.3 is 0 Å². The van der Waals surface area contributed by atoms with Gasteiger partial charge in [-0.25, -0.2) is 0 Å². The fraction of sp³-hybridized carbons (Fsp3) is 0.200. The van der Waals surface area contributed by atoms with Gasteiger partial charge in [0.15, 0.2) is 12.4 Å². The number of amidine groups is 1. The molecule has 0 aliphatic heterocycles. The third-order valence-corrected chi connectivity index (χ3v) is 4.87. The molecular formula is C25H27N3O2. The molecule has 1 amide bonds. The summed E-state index contributed by atoms with van der Waals surface area (Å²) in [5.41, 5.74) is 12.3. The number of nitrogens with two attached hydrogens (primary N) is 1. The van der Waals surface area contributed by atoms with Crippen LogP contribution in [0.4, 0.5) is 5.69 Å². The van der Waals surface area contributed by atoms with Crippen LogP contribution in [0.2, 0.25) is 0 Å². The molecule has 3 aromatic carbocycles. The minimum absolute atomic E-state index is 0.218. The Hall–Kier alpha value is -3.60. The summed E-state index contributed by atoms with van der Waals surface area (Å²) in [6.45, 7) is 5.75. The lowest BCUT2D eigenvalue weighted by Gasteiger charge is -2.17. The number of nitrogens with one attached hydrogen (secondary N) is 1. The van der Waals surface area contributed by atoms with Crippen molar-refractivity contribution in [2.75, 3.05) is 11.9 Å². The van der Waals surface area contributed by atoms with Crippen LogP contribution in [0.5, 0.6) is 0 Å². The number of benzene rings is 3. The van der Waals surface area contributed by atoms with E-state index in [1.54, 1.807) is 0 Å². The molecule has 0 bridgehead atoms. The number of nitrogens with zero attached hydrogens (tertiary/aromatic N) is 1. The number of amides is 1. The molecule has 30 heavy (non-hydrogen) atoms. The Morgan fingerprint density at radius 2 is 1.43 bits per heavy atom. The molecule has 0 aliphatic carbocycles. The Bertz CT molecular complexity index is 968. The predicted octanol–water partition coefficient (Wildman–Crippen LogP) is 4.67. The Morgan fingerprint density at radius 3 is 1.93 bits per heavy atom. The quantitative estimate of drug-likeness (QED) is 0.343. The van der Waals surface area contributed by atoms with Gasteiger partial charge in [-0.1, -0.05) is 83.5 Å². The molecule has 154 valence electrons. The molecule has 3 aromatic rings. The number of hydrogen-bond donors (Lipinski definition) is 2. The average Bonchev–Trinajstić information content (AvgIpc) is 2.72. The summed E-state index contributed by atoms with van der Waals surface area (Å²) in [6.07, 6.45) is 0. The molecular weight excluding hydrogens is 374 g/mol. The van der Waals surface area contributed by atoms with E-state index in [0.717, 1.165) is 33.5 Å². The highest BCUT2D eigenvalue weighted by atomic mass is 16.6. The van der Waals surface area contributed by atoms with Crippen molar-refractivity contribution in [3.63, 3.8) is 0 Å². The van der Waals surface area contributed by atoms with E-state index < -0.39 is 0 Å². The minimum atomic E-state index is -0.280. The Balaban J connectivity index is 1.70. The number of aryl methyl sites for hydroxylation is 3. The topological polar surface area (TPSA) is 76.7 Å². The van der Waals surface area contributed by atoms with Crippen LogP contribution in [0, 0.1) is 20.8 Å². The molecule has 5 heteroatoms. The zero-order chi connectivity index (χ0) is 21.5. The molecule has 0 saturated heterocycles. The number of carbonyl (C=O) groups is 1. The van der Waals surface area contributed by atoms with Crippen LogP contribution in [0.25, 0.3) is 0 Å². The fourth-order valence-electron chi connectivity index (χ4n) is 3.60. The van der Waals surface area contributed by atoms with Crippen molar-refractivity contribution in [2.24, 2.45) is 10.9 Å². The number of oxime groups is 1. The fourth-order valence-corrected chi connectivity index (χ4v) is 3.60. The summed E-state index contributed by atoms with van der Waals surface area (Å²) in [6, 6.07) is 23.8. The second-order valence-corrected chi connectivity index (χ2v) is 7.37. The molecule has 0 heterocycles. The maximum atomic E-state index is 12.3. The van der Waals surface area contributed by atoms with Crippen LogP contribution in [0.1, 0.15) is 33.7 Å². The third-order valence-electron chi connectivity index (χ3n) is 4.87. The average molecular weight is 402 g/mol. The van der Waals surface area contributed by atoms with E-state index in [0.29, 0.717) is 5.84 Å². The van der Waals surface area contributed by atoms with Crippen molar-refractivity contribution in [3.8, 4) is 0 Å². The molecule has 3 N–H and O–H groups in total. The van der Waals surface area contributed by atoms with Crippen molar-refractivity contribution in [1.29, 1.82) is 0 Å².